The minimum absolute atomic E-state index is 0. The van der Waals surface area contributed by atoms with E-state index in [1.807, 2.05) is 0 Å². The number of aliphatic imine (C=N–C) groups is 1. The van der Waals surface area contributed by atoms with Gasteiger partial charge in [0.1, 0.15) is 5.82 Å². The van der Waals surface area contributed by atoms with E-state index in [2.05, 4.69) is 4.99 Å². The molecule has 3 aromatic carbocycles. The van der Waals surface area contributed by atoms with Crippen LogP contribution in [0.15, 0.2) is 71.7 Å². The number of amides is 1. The highest BCUT2D eigenvalue weighted by molar-refractivity contribution is 8.93. The number of benzodiazepines with no additional fused rings is 1. The number of rotatable bonds is 5. The van der Waals surface area contributed by atoms with E-state index in [9.17, 15) is 24.1 Å². The average molecular weight is 527 g/mol. The molecule has 0 radical (unpaired) electrons. The number of hydrogen-bond donors (Lipinski definition) is 1. The fourth-order valence-electron chi connectivity index (χ4n) is 3.79. The van der Waals surface area contributed by atoms with Crippen LogP contribution in [0.25, 0.3) is 0 Å². The Morgan fingerprint density at radius 3 is 2.50 bits per heavy atom. The number of hydrogen-bond acceptors (Lipinski definition) is 6. The van der Waals surface area contributed by atoms with Gasteiger partial charge in [0.25, 0.3) is 11.6 Å². The number of nitro groups is 1. The number of benzene rings is 3. The molecule has 0 fully saturated rings. The number of fused-ring (bicyclic) bond motifs is 1. The van der Waals surface area contributed by atoms with Crippen LogP contribution in [-0.4, -0.2) is 35.0 Å². The van der Waals surface area contributed by atoms with Crippen LogP contribution in [0.1, 0.15) is 27.0 Å². The summed E-state index contributed by atoms with van der Waals surface area (Å²) in [5, 5.41) is 11.1. The molecule has 174 valence electrons. The number of ketones is 1. The first-order chi connectivity index (χ1) is 15.8. The highest BCUT2D eigenvalue weighted by atomic mass is 79.9. The van der Waals surface area contributed by atoms with Crippen LogP contribution in [0.3, 0.4) is 0 Å². The first-order valence-corrected chi connectivity index (χ1v) is 10.0. The molecule has 0 bridgehead atoms. The Balaban J connectivity index is 0.00000324. The summed E-state index contributed by atoms with van der Waals surface area (Å²) >= 11 is 0. The van der Waals surface area contributed by atoms with Crippen LogP contribution in [0.2, 0.25) is 0 Å². The lowest BCUT2D eigenvalue weighted by atomic mass is 9.97. The number of carbonyl (C=O) groups is 2. The fourth-order valence-corrected chi connectivity index (χ4v) is 3.79. The lowest BCUT2D eigenvalue weighted by Gasteiger charge is -2.25. The minimum Gasteiger partial charge on any atom is -0.302 e. The Hall–Kier alpha value is -3.76. The Labute approximate surface area is 204 Å². The first kappa shape index (κ1) is 24.9. The van der Waals surface area contributed by atoms with Crippen LogP contribution in [0, 0.1) is 22.9 Å². The second-order valence-corrected chi connectivity index (χ2v) is 7.53. The Bertz CT molecular complexity index is 1330. The summed E-state index contributed by atoms with van der Waals surface area (Å²) in [6.07, 6.45) is -1.37. The number of para-hydroxylation sites is 1. The molecule has 8 nitrogen and oxygen atoms in total. The van der Waals surface area contributed by atoms with E-state index in [0.717, 1.165) is 6.07 Å². The third kappa shape index (κ3) is 4.63. The van der Waals surface area contributed by atoms with Crippen LogP contribution in [0.4, 0.5) is 15.8 Å². The predicted molar refractivity (Wildman–Crippen MR) is 131 cm³/mol. The fraction of sp³-hybridized carbons (Fsp3) is 0.125. The molecule has 0 saturated heterocycles. The van der Waals surface area contributed by atoms with Gasteiger partial charge < -0.3 is 10.6 Å². The molecule has 3 aromatic rings. The van der Waals surface area contributed by atoms with Crippen molar-refractivity contribution in [3.05, 3.63) is 105 Å². The molecule has 0 spiro atoms. The van der Waals surface area contributed by atoms with Crippen molar-refractivity contribution in [2.75, 3.05) is 11.4 Å². The van der Waals surface area contributed by atoms with Crippen LogP contribution < -0.4 is 10.6 Å². The monoisotopic (exact) mass is 526 g/mol. The smallest absolute Gasteiger partial charge is 0.270 e. The van der Waals surface area contributed by atoms with Crippen LogP contribution in [-0.2, 0) is 4.79 Å². The predicted octanol–water partition coefficient (Wildman–Crippen LogP) is 3.97. The second kappa shape index (κ2) is 10.0. The molecule has 1 aliphatic rings. The molecular formula is C24H20BrFN4O4. The third-order valence-corrected chi connectivity index (χ3v) is 5.36. The summed E-state index contributed by atoms with van der Waals surface area (Å²) in [6, 6.07) is 16.5. The number of halogens is 2. The highest BCUT2D eigenvalue weighted by Crippen LogP contribution is 2.32. The molecule has 34 heavy (non-hydrogen) atoms. The van der Waals surface area contributed by atoms with Gasteiger partial charge in [-0.15, -0.1) is 17.0 Å². The molecule has 10 heteroatoms. The van der Waals surface area contributed by atoms with E-state index in [4.69, 9.17) is 5.73 Å². The lowest BCUT2D eigenvalue weighted by Crippen LogP contribution is -2.45. The molecule has 0 aliphatic carbocycles. The Kier molecular flexibility index (Phi) is 7.33. The maximum atomic E-state index is 14.6. The van der Waals surface area contributed by atoms with Gasteiger partial charge in [-0.25, -0.2) is 4.39 Å². The molecule has 0 saturated carbocycles. The van der Waals surface area contributed by atoms with Crippen molar-refractivity contribution in [3.8, 4) is 0 Å². The number of carbonyl (C=O) groups excluding carboxylic acids is 2. The normalized spacial score (nSPS) is 15.0. The zero-order chi connectivity index (χ0) is 23.7. The zero-order valence-electron chi connectivity index (χ0n) is 18.0. The number of nitrogens with zero attached hydrogens (tertiary/aromatic N) is 3. The van der Waals surface area contributed by atoms with Crippen molar-refractivity contribution in [1.82, 2.24) is 0 Å². The summed E-state index contributed by atoms with van der Waals surface area (Å²) < 4.78 is 14.6. The first-order valence-electron chi connectivity index (χ1n) is 10.0. The van der Waals surface area contributed by atoms with Gasteiger partial charge in [-0.1, -0.05) is 42.5 Å². The largest absolute Gasteiger partial charge is 0.302 e. The van der Waals surface area contributed by atoms with Gasteiger partial charge in [-0.05, 0) is 24.6 Å². The summed E-state index contributed by atoms with van der Waals surface area (Å²) in [5.41, 5.74) is 7.78. The van der Waals surface area contributed by atoms with E-state index in [1.165, 1.54) is 29.2 Å². The van der Waals surface area contributed by atoms with E-state index in [1.54, 1.807) is 43.3 Å². The number of nitrogens with two attached hydrogens (primary N) is 1. The zero-order valence-corrected chi connectivity index (χ0v) is 19.7. The van der Waals surface area contributed by atoms with Gasteiger partial charge in [0, 0.05) is 28.8 Å². The summed E-state index contributed by atoms with van der Waals surface area (Å²) in [4.78, 5) is 42.2. The number of Topliss-reactive ketones (excluding diaryl/α,β-unsaturated/α-hetero) is 1. The summed E-state index contributed by atoms with van der Waals surface area (Å²) in [5.74, 6) is -1.68. The van der Waals surface area contributed by atoms with Crippen molar-refractivity contribution in [3.63, 3.8) is 0 Å². The van der Waals surface area contributed by atoms with Crippen LogP contribution in [0.5, 0.6) is 0 Å². The van der Waals surface area contributed by atoms with Crippen molar-refractivity contribution < 1.29 is 18.9 Å². The molecule has 4 rings (SSSR count). The van der Waals surface area contributed by atoms with Gasteiger partial charge in [0.15, 0.2) is 11.9 Å². The van der Waals surface area contributed by atoms with Gasteiger partial charge in [0.05, 0.1) is 22.9 Å². The van der Waals surface area contributed by atoms with Crippen molar-refractivity contribution in [2.45, 2.75) is 13.1 Å². The number of nitro benzene ring substituents is 1. The Morgan fingerprint density at radius 2 is 1.79 bits per heavy atom. The van der Waals surface area contributed by atoms with Gasteiger partial charge in [-0.2, -0.15) is 0 Å². The lowest BCUT2D eigenvalue weighted by molar-refractivity contribution is -0.384. The highest BCUT2D eigenvalue weighted by Gasteiger charge is 2.33. The molecule has 1 heterocycles. The van der Waals surface area contributed by atoms with Gasteiger partial charge >= 0.3 is 0 Å². The van der Waals surface area contributed by atoms with Gasteiger partial charge in [0.2, 0.25) is 0 Å². The molecule has 0 unspecified atom stereocenters. The average Bonchev–Trinajstić information content (AvgIpc) is 2.90. The van der Waals surface area contributed by atoms with E-state index >= 15 is 0 Å². The van der Waals surface area contributed by atoms with Crippen molar-refractivity contribution >= 4 is 45.8 Å². The maximum absolute atomic E-state index is 14.6. The molecular weight excluding hydrogens is 507 g/mol. The van der Waals surface area contributed by atoms with E-state index in [0.29, 0.717) is 16.8 Å². The number of anilines is 1. The van der Waals surface area contributed by atoms with Gasteiger partial charge in [-0.3, -0.25) is 24.7 Å². The quantitative estimate of drug-likeness (QED) is 0.306. The summed E-state index contributed by atoms with van der Waals surface area (Å²) in [7, 11) is 0. The number of aryl methyl sites for hydroxylation is 1. The minimum atomic E-state index is -1.37. The maximum Gasteiger partial charge on any atom is 0.270 e. The van der Waals surface area contributed by atoms with E-state index < -0.39 is 35.1 Å². The third-order valence-electron chi connectivity index (χ3n) is 5.36. The topological polar surface area (TPSA) is 119 Å². The molecule has 1 amide bonds. The Morgan fingerprint density at radius 1 is 1.12 bits per heavy atom. The second-order valence-electron chi connectivity index (χ2n) is 7.53. The molecule has 2 N–H and O–H groups in total. The standard InChI is InChI=1S/C24H19FN4O4.BrH/c1-14-6-4-10-18-21(17-9-2-3-11-19(17)25)27-23(26)24(31)28(22(14)18)13-20(30)15-7-5-8-16(12-15)29(32)33;/h2-12,23H,13,26H2,1H3;1H/t23-;/m0./s1. The molecule has 1 aliphatic heterocycles. The molecule has 0 aromatic heterocycles. The SMILES string of the molecule is Br.Cc1cccc2c1N(CC(=O)c1cccc([N+](=O)[O-])c1)C(=O)[C@@H](N)N=C2c1ccccc1F. The van der Waals surface area contributed by atoms with Crippen LogP contribution >= 0.6 is 17.0 Å². The molecule has 1 atom stereocenters. The van der Waals surface area contributed by atoms with Crippen molar-refractivity contribution in [1.29, 1.82) is 0 Å². The summed E-state index contributed by atoms with van der Waals surface area (Å²) in [6.45, 7) is 1.35. The van der Waals surface area contributed by atoms with E-state index in [-0.39, 0.29) is 39.5 Å². The number of non-ortho nitro benzene ring substituents is 1. The van der Waals surface area contributed by atoms with Crippen molar-refractivity contribution in [2.24, 2.45) is 10.7 Å².